The van der Waals surface area contributed by atoms with Crippen LogP contribution in [-0.4, -0.2) is 23.4 Å². The summed E-state index contributed by atoms with van der Waals surface area (Å²) in [5.74, 6) is 0.731. The fourth-order valence-electron chi connectivity index (χ4n) is 1.89. The van der Waals surface area contributed by atoms with Crippen molar-refractivity contribution >= 4 is 0 Å². The van der Waals surface area contributed by atoms with Crippen LogP contribution in [0.4, 0.5) is 0 Å². The van der Waals surface area contributed by atoms with Gasteiger partial charge in [-0.25, -0.2) is 0 Å². The van der Waals surface area contributed by atoms with E-state index in [9.17, 15) is 5.11 Å². The summed E-state index contributed by atoms with van der Waals surface area (Å²) in [5.41, 5.74) is -0.121. The molecule has 1 aliphatic heterocycles. The van der Waals surface area contributed by atoms with Gasteiger partial charge in [-0.2, -0.15) is 0 Å². The summed E-state index contributed by atoms with van der Waals surface area (Å²) in [4.78, 5) is 0. The van der Waals surface area contributed by atoms with Gasteiger partial charge in [0.05, 0.1) is 12.2 Å². The van der Waals surface area contributed by atoms with Gasteiger partial charge in [0.15, 0.2) is 0 Å². The summed E-state index contributed by atoms with van der Waals surface area (Å²) in [5, 5.41) is 19.2. The van der Waals surface area contributed by atoms with Crippen molar-refractivity contribution in [1.29, 1.82) is 0 Å². The highest BCUT2D eigenvalue weighted by Gasteiger charge is 2.34. The average molecular weight is 194 g/mol. The summed E-state index contributed by atoms with van der Waals surface area (Å²) in [6, 6.07) is 7.44. The van der Waals surface area contributed by atoms with Crippen LogP contribution in [0.15, 0.2) is 24.3 Å². The molecule has 0 bridgehead atoms. The number of para-hydroxylation sites is 1. The van der Waals surface area contributed by atoms with Crippen LogP contribution in [0.5, 0.6) is 5.75 Å². The van der Waals surface area contributed by atoms with Gasteiger partial charge in [0.1, 0.15) is 5.75 Å². The summed E-state index contributed by atoms with van der Waals surface area (Å²) in [6.07, 6.45) is 0.915. The van der Waals surface area contributed by atoms with E-state index >= 15 is 0 Å². The average Bonchev–Trinajstić information content (AvgIpc) is 2.19. The van der Waals surface area contributed by atoms with Gasteiger partial charge in [-0.05, 0) is 6.07 Å². The minimum atomic E-state index is -0.913. The maximum Gasteiger partial charge on any atom is 0.125 e. The van der Waals surface area contributed by atoms with Crippen molar-refractivity contribution in [3.63, 3.8) is 0 Å². The molecule has 0 saturated carbocycles. The predicted molar refractivity (Wildman–Crippen MR) is 52.2 cm³/mol. The molecular formula is C11H14O3. The number of benzene rings is 1. The fourth-order valence-corrected chi connectivity index (χ4v) is 1.89. The lowest BCUT2D eigenvalue weighted by Crippen LogP contribution is -2.33. The highest BCUT2D eigenvalue weighted by atomic mass is 16.5. The third-order valence-electron chi connectivity index (χ3n) is 2.69. The topological polar surface area (TPSA) is 49.7 Å². The molecule has 0 aromatic heterocycles. The van der Waals surface area contributed by atoms with Crippen molar-refractivity contribution in [2.24, 2.45) is 0 Å². The van der Waals surface area contributed by atoms with E-state index in [1.54, 1.807) is 0 Å². The molecule has 0 spiro atoms. The van der Waals surface area contributed by atoms with Gasteiger partial charge in [0.25, 0.3) is 0 Å². The van der Waals surface area contributed by atoms with Crippen molar-refractivity contribution in [2.45, 2.75) is 18.4 Å². The monoisotopic (exact) mass is 194 g/mol. The lowest BCUT2D eigenvalue weighted by molar-refractivity contribution is -0.0222. The molecule has 1 heterocycles. The molecule has 1 aliphatic rings. The van der Waals surface area contributed by atoms with E-state index in [4.69, 9.17) is 9.84 Å². The zero-order valence-electron chi connectivity index (χ0n) is 7.94. The Hall–Kier alpha value is -1.06. The van der Waals surface area contributed by atoms with Crippen LogP contribution in [0.2, 0.25) is 0 Å². The standard InChI is InChI=1S/C11H14O3/c12-7-5-11(13)6-8-14-10-4-2-1-3-9(10)11/h1-4,12-13H,5-8H2/t11-/m0/s1. The van der Waals surface area contributed by atoms with Crippen LogP contribution in [0.1, 0.15) is 18.4 Å². The number of hydrogen-bond donors (Lipinski definition) is 2. The minimum absolute atomic E-state index is 0.00909. The van der Waals surface area contributed by atoms with Gasteiger partial charge in [-0.15, -0.1) is 0 Å². The number of hydrogen-bond acceptors (Lipinski definition) is 3. The zero-order chi connectivity index (χ0) is 10.0. The van der Waals surface area contributed by atoms with Gasteiger partial charge >= 0.3 is 0 Å². The molecule has 2 rings (SSSR count). The van der Waals surface area contributed by atoms with Crippen molar-refractivity contribution in [1.82, 2.24) is 0 Å². The predicted octanol–water partition coefficient (Wildman–Crippen LogP) is 1.04. The summed E-state index contributed by atoms with van der Waals surface area (Å²) in [7, 11) is 0. The smallest absolute Gasteiger partial charge is 0.125 e. The normalized spacial score (nSPS) is 25.3. The molecule has 0 fully saturated rings. The molecule has 14 heavy (non-hydrogen) atoms. The molecule has 1 aromatic rings. The van der Waals surface area contributed by atoms with E-state index in [0.717, 1.165) is 11.3 Å². The van der Waals surface area contributed by atoms with Crippen LogP contribution in [0.3, 0.4) is 0 Å². The Bertz CT molecular complexity index is 324. The summed E-state index contributed by atoms with van der Waals surface area (Å²) >= 11 is 0. The van der Waals surface area contributed by atoms with Crippen LogP contribution in [0, 0.1) is 0 Å². The molecule has 0 aliphatic carbocycles. The maximum absolute atomic E-state index is 10.3. The van der Waals surface area contributed by atoms with Crippen molar-refractivity contribution in [3.05, 3.63) is 29.8 Å². The third-order valence-corrected chi connectivity index (χ3v) is 2.69. The first-order valence-corrected chi connectivity index (χ1v) is 4.82. The Morgan fingerprint density at radius 1 is 1.36 bits per heavy atom. The third kappa shape index (κ3) is 1.49. The molecule has 1 aromatic carbocycles. The van der Waals surface area contributed by atoms with Crippen LogP contribution >= 0.6 is 0 Å². The molecule has 76 valence electrons. The molecule has 3 heteroatoms. The van der Waals surface area contributed by atoms with E-state index in [-0.39, 0.29) is 6.61 Å². The Labute approximate surface area is 83.0 Å². The highest BCUT2D eigenvalue weighted by Crippen LogP contribution is 2.38. The van der Waals surface area contributed by atoms with Crippen LogP contribution < -0.4 is 4.74 Å². The Morgan fingerprint density at radius 2 is 2.14 bits per heavy atom. The Morgan fingerprint density at radius 3 is 2.93 bits per heavy atom. The number of ether oxygens (including phenoxy) is 1. The minimum Gasteiger partial charge on any atom is -0.493 e. The lowest BCUT2D eigenvalue weighted by atomic mass is 9.85. The molecule has 0 unspecified atom stereocenters. The summed E-state index contributed by atoms with van der Waals surface area (Å²) in [6.45, 7) is 0.498. The molecule has 0 amide bonds. The quantitative estimate of drug-likeness (QED) is 0.739. The SMILES string of the molecule is OCC[C@]1(O)CCOc2ccccc21. The van der Waals surface area contributed by atoms with Crippen molar-refractivity contribution < 1.29 is 14.9 Å². The van der Waals surface area contributed by atoms with E-state index in [1.165, 1.54) is 0 Å². The second-order valence-corrected chi connectivity index (χ2v) is 3.60. The van der Waals surface area contributed by atoms with E-state index in [2.05, 4.69) is 0 Å². The van der Waals surface area contributed by atoms with Gasteiger partial charge in [-0.3, -0.25) is 0 Å². The second kappa shape index (κ2) is 3.59. The Balaban J connectivity index is 2.39. The molecular weight excluding hydrogens is 180 g/mol. The Kier molecular flexibility index (Phi) is 2.44. The van der Waals surface area contributed by atoms with Gasteiger partial charge < -0.3 is 14.9 Å². The summed E-state index contributed by atoms with van der Waals surface area (Å²) < 4.78 is 5.42. The van der Waals surface area contributed by atoms with Crippen molar-refractivity contribution in [3.8, 4) is 5.75 Å². The molecule has 3 nitrogen and oxygen atoms in total. The molecule has 0 saturated heterocycles. The number of aliphatic hydroxyl groups excluding tert-OH is 1. The number of aliphatic hydroxyl groups is 2. The molecule has 0 radical (unpaired) electrons. The lowest BCUT2D eigenvalue weighted by Gasteiger charge is -2.33. The highest BCUT2D eigenvalue weighted by molar-refractivity contribution is 5.39. The first kappa shape index (κ1) is 9.49. The number of rotatable bonds is 2. The van der Waals surface area contributed by atoms with Crippen LogP contribution in [0.25, 0.3) is 0 Å². The van der Waals surface area contributed by atoms with Gasteiger partial charge in [0, 0.05) is 25.0 Å². The largest absolute Gasteiger partial charge is 0.493 e. The van der Waals surface area contributed by atoms with E-state index < -0.39 is 5.60 Å². The molecule has 2 N–H and O–H groups in total. The molecule has 1 atom stereocenters. The van der Waals surface area contributed by atoms with Gasteiger partial charge in [0.2, 0.25) is 0 Å². The zero-order valence-corrected chi connectivity index (χ0v) is 7.94. The van der Waals surface area contributed by atoms with E-state index in [1.807, 2.05) is 24.3 Å². The van der Waals surface area contributed by atoms with Crippen molar-refractivity contribution in [2.75, 3.05) is 13.2 Å². The maximum atomic E-state index is 10.3. The first-order valence-electron chi connectivity index (χ1n) is 4.82. The van der Waals surface area contributed by atoms with Crippen LogP contribution in [-0.2, 0) is 5.60 Å². The van der Waals surface area contributed by atoms with E-state index in [0.29, 0.717) is 19.4 Å². The first-order chi connectivity index (χ1) is 6.76. The second-order valence-electron chi connectivity index (χ2n) is 3.60. The van der Waals surface area contributed by atoms with Gasteiger partial charge in [-0.1, -0.05) is 18.2 Å². The number of fused-ring (bicyclic) bond motifs is 1. The fraction of sp³-hybridized carbons (Fsp3) is 0.455.